The molecule has 25 heavy (non-hydrogen) atoms. The van der Waals surface area contributed by atoms with Gasteiger partial charge in [0.15, 0.2) is 0 Å². The second-order valence-corrected chi connectivity index (χ2v) is 9.02. The van der Waals surface area contributed by atoms with Gasteiger partial charge in [0.25, 0.3) is 0 Å². The van der Waals surface area contributed by atoms with Crippen LogP contribution < -0.4 is 10.1 Å². The van der Waals surface area contributed by atoms with E-state index in [0.29, 0.717) is 10.9 Å². The fourth-order valence-electron chi connectivity index (χ4n) is 2.83. The van der Waals surface area contributed by atoms with E-state index in [2.05, 4.69) is 5.32 Å². The second kappa shape index (κ2) is 7.80. The number of rotatable bonds is 5. The first-order chi connectivity index (χ1) is 11.7. The van der Waals surface area contributed by atoms with Crippen LogP contribution in [0.25, 0.3) is 0 Å². The van der Waals surface area contributed by atoms with E-state index in [0.717, 1.165) is 16.4 Å². The van der Waals surface area contributed by atoms with Crippen LogP contribution in [-0.4, -0.2) is 49.6 Å². The summed E-state index contributed by atoms with van der Waals surface area (Å²) in [7, 11) is 1.62. The summed E-state index contributed by atoms with van der Waals surface area (Å²) >= 11 is 6.99. The number of nitrogens with one attached hydrogen (secondary N) is 1. The molecule has 1 aromatic rings. The second-order valence-electron chi connectivity index (χ2n) is 6.73. The van der Waals surface area contributed by atoms with E-state index in [4.69, 9.17) is 17.0 Å². The molecule has 0 unspecified atom stereocenters. The lowest BCUT2D eigenvalue weighted by Crippen LogP contribution is -2.57. The predicted octanol–water partition coefficient (Wildman–Crippen LogP) is 3.44. The fraction of sp³-hybridized carbons (Fsp3) is 0.529. The Morgan fingerprint density at radius 2 is 2.12 bits per heavy atom. The summed E-state index contributed by atoms with van der Waals surface area (Å²) in [6, 6.07) is 7.04. The number of para-hydroxylation sites is 1. The first-order valence-electron chi connectivity index (χ1n) is 8.07. The first-order valence-corrected chi connectivity index (χ1v) is 9.30. The van der Waals surface area contributed by atoms with Gasteiger partial charge >= 0.3 is 6.03 Å². The zero-order valence-corrected chi connectivity index (χ0v) is 16.8. The zero-order valence-electron chi connectivity index (χ0n) is 15.1. The molecule has 1 fully saturated rings. The number of amides is 2. The summed E-state index contributed by atoms with van der Waals surface area (Å²) in [6.07, 6.45) is -0.589. The number of urea groups is 1. The number of thioether (sulfide) groups is 1. The van der Waals surface area contributed by atoms with Gasteiger partial charge in [0.05, 0.1) is 18.4 Å². The first kappa shape index (κ1) is 19.8. The van der Waals surface area contributed by atoms with Crippen LogP contribution in [0.4, 0.5) is 4.79 Å². The van der Waals surface area contributed by atoms with Crippen LogP contribution in [0.1, 0.15) is 33.3 Å². The highest BCUT2D eigenvalue weighted by Gasteiger charge is 2.49. The number of thiocarbonyl (C=S) groups is 1. The number of ether oxygens (including phenoxy) is 1. The molecule has 2 amide bonds. The molecule has 6 nitrogen and oxygen atoms in total. The fourth-order valence-corrected chi connectivity index (χ4v) is 4.70. The Balaban J connectivity index is 2.30. The number of nitrogens with zero attached hydrogens (tertiary/aromatic N) is 2. The lowest BCUT2D eigenvalue weighted by Gasteiger charge is -2.37. The average Bonchev–Trinajstić information content (AvgIpc) is 2.75. The minimum atomic E-state index is -0.589. The number of hydrogen-bond donors (Lipinski definition) is 2. The Morgan fingerprint density at radius 1 is 1.48 bits per heavy atom. The molecule has 1 aliphatic heterocycles. The van der Waals surface area contributed by atoms with E-state index in [-0.39, 0.29) is 6.04 Å². The van der Waals surface area contributed by atoms with Crippen molar-refractivity contribution >= 4 is 34.3 Å². The van der Waals surface area contributed by atoms with Crippen molar-refractivity contribution in [3.8, 4) is 5.75 Å². The topological polar surface area (TPSA) is 65.0 Å². The van der Waals surface area contributed by atoms with Crippen molar-refractivity contribution in [2.75, 3.05) is 7.11 Å². The van der Waals surface area contributed by atoms with Crippen molar-refractivity contribution in [3.05, 3.63) is 29.8 Å². The van der Waals surface area contributed by atoms with E-state index in [9.17, 15) is 10.0 Å². The van der Waals surface area contributed by atoms with Gasteiger partial charge in [0, 0.05) is 11.6 Å². The van der Waals surface area contributed by atoms with Crippen molar-refractivity contribution in [2.24, 2.45) is 0 Å². The van der Waals surface area contributed by atoms with Crippen LogP contribution in [0.5, 0.6) is 5.75 Å². The summed E-state index contributed by atoms with van der Waals surface area (Å²) in [6.45, 7) is 8.05. The monoisotopic (exact) mass is 383 g/mol. The van der Waals surface area contributed by atoms with Gasteiger partial charge in [-0.1, -0.05) is 42.2 Å². The minimum Gasteiger partial charge on any atom is -0.496 e. The van der Waals surface area contributed by atoms with Crippen LogP contribution in [0.15, 0.2) is 24.3 Å². The summed E-state index contributed by atoms with van der Waals surface area (Å²) in [5, 5.41) is 14.0. The molecule has 0 aliphatic carbocycles. The highest BCUT2D eigenvalue weighted by Crippen LogP contribution is 2.43. The van der Waals surface area contributed by atoms with Crippen molar-refractivity contribution in [1.29, 1.82) is 0 Å². The summed E-state index contributed by atoms with van der Waals surface area (Å²) < 4.78 is 5.59. The molecule has 8 heteroatoms. The highest BCUT2D eigenvalue weighted by atomic mass is 32.2. The standard InChI is InChI=1S/C17H25N3O3S2/c1-11(2)18-15(21)20(22)14-17(3,4)25-16(24)19(14)10-12-8-6-7-9-13(12)23-5/h6-9,11,14,22H,10H2,1-5H3,(H,18,21)/t14-/m1/s1. The summed E-state index contributed by atoms with van der Waals surface area (Å²) in [4.78, 5) is 14.2. The number of carbonyl (C=O) groups excluding carboxylic acids is 1. The third-order valence-corrected chi connectivity index (χ3v) is 5.52. The third kappa shape index (κ3) is 4.37. The van der Waals surface area contributed by atoms with E-state index in [1.165, 1.54) is 11.8 Å². The van der Waals surface area contributed by atoms with E-state index >= 15 is 0 Å². The van der Waals surface area contributed by atoms with Crippen LogP contribution in [0, 0.1) is 0 Å². The van der Waals surface area contributed by atoms with Crippen LogP contribution in [-0.2, 0) is 6.54 Å². The molecule has 0 aromatic heterocycles. The maximum absolute atomic E-state index is 12.3. The van der Waals surface area contributed by atoms with Gasteiger partial charge in [-0.15, -0.1) is 0 Å². The average molecular weight is 384 g/mol. The van der Waals surface area contributed by atoms with Gasteiger partial charge in [-0.3, -0.25) is 5.21 Å². The molecule has 0 spiro atoms. The Bertz CT molecular complexity index is 652. The van der Waals surface area contributed by atoms with Gasteiger partial charge in [-0.2, -0.15) is 5.06 Å². The van der Waals surface area contributed by atoms with Crippen LogP contribution >= 0.6 is 24.0 Å². The number of methoxy groups -OCH3 is 1. The molecule has 1 saturated heterocycles. The van der Waals surface area contributed by atoms with Crippen molar-refractivity contribution in [3.63, 3.8) is 0 Å². The maximum atomic E-state index is 12.3. The molecule has 0 bridgehead atoms. The SMILES string of the molecule is COc1ccccc1CN1C(=S)SC(C)(C)[C@H]1N(O)C(=O)NC(C)C. The molecule has 1 atom stereocenters. The molecule has 2 N–H and O–H groups in total. The largest absolute Gasteiger partial charge is 0.496 e. The molecule has 1 aromatic carbocycles. The molecule has 138 valence electrons. The molecule has 0 radical (unpaired) electrons. The van der Waals surface area contributed by atoms with Gasteiger partial charge in [0.1, 0.15) is 16.2 Å². The van der Waals surface area contributed by atoms with Gasteiger partial charge in [0.2, 0.25) is 0 Å². The highest BCUT2D eigenvalue weighted by molar-refractivity contribution is 8.24. The van der Waals surface area contributed by atoms with E-state index < -0.39 is 16.9 Å². The van der Waals surface area contributed by atoms with Crippen molar-refractivity contribution in [1.82, 2.24) is 15.3 Å². The Labute approximate surface area is 158 Å². The minimum absolute atomic E-state index is 0.0751. The Morgan fingerprint density at radius 3 is 2.72 bits per heavy atom. The lowest BCUT2D eigenvalue weighted by molar-refractivity contribution is -0.120. The Hall–Kier alpha value is -1.51. The molecular formula is C17H25N3O3S2. The number of hydrogen-bond acceptors (Lipinski definition) is 5. The lowest BCUT2D eigenvalue weighted by atomic mass is 10.1. The van der Waals surface area contributed by atoms with E-state index in [1.54, 1.807) is 7.11 Å². The predicted molar refractivity (Wildman–Crippen MR) is 104 cm³/mol. The Kier molecular flexibility index (Phi) is 6.18. The molecule has 1 heterocycles. The van der Waals surface area contributed by atoms with Crippen molar-refractivity contribution in [2.45, 2.75) is 51.2 Å². The molecule has 0 saturated carbocycles. The molecule has 2 rings (SSSR count). The van der Waals surface area contributed by atoms with Crippen LogP contribution in [0.3, 0.4) is 0 Å². The summed E-state index contributed by atoms with van der Waals surface area (Å²) in [5.74, 6) is 0.745. The van der Waals surface area contributed by atoms with Gasteiger partial charge in [-0.05, 0) is 33.8 Å². The number of hydroxylamine groups is 2. The molecular weight excluding hydrogens is 358 g/mol. The summed E-state index contributed by atoms with van der Waals surface area (Å²) in [5.41, 5.74) is 0.938. The normalized spacial score (nSPS) is 19.2. The molecule has 1 aliphatic rings. The van der Waals surface area contributed by atoms with E-state index in [1.807, 2.05) is 56.9 Å². The zero-order chi connectivity index (χ0) is 18.8. The number of benzene rings is 1. The van der Waals surface area contributed by atoms with Gasteiger partial charge in [-0.25, -0.2) is 4.79 Å². The smallest absolute Gasteiger partial charge is 0.343 e. The van der Waals surface area contributed by atoms with Crippen molar-refractivity contribution < 1.29 is 14.7 Å². The third-order valence-electron chi connectivity index (χ3n) is 3.89. The van der Waals surface area contributed by atoms with Crippen LogP contribution in [0.2, 0.25) is 0 Å². The quantitative estimate of drug-likeness (QED) is 0.461. The number of carbonyl (C=O) groups is 1. The van der Waals surface area contributed by atoms with Gasteiger partial charge < -0.3 is 15.0 Å². The maximum Gasteiger partial charge on any atom is 0.343 e.